The van der Waals surface area contributed by atoms with E-state index in [0.29, 0.717) is 5.69 Å². The zero-order chi connectivity index (χ0) is 27.4. The van der Waals surface area contributed by atoms with E-state index in [0.717, 1.165) is 42.7 Å². The molecule has 202 valence electrons. The summed E-state index contributed by atoms with van der Waals surface area (Å²) in [5, 5.41) is 10.4. The van der Waals surface area contributed by atoms with Gasteiger partial charge in [-0.3, -0.25) is 9.52 Å². The molecule has 0 heterocycles. The summed E-state index contributed by atoms with van der Waals surface area (Å²) < 4.78 is 59.6. The summed E-state index contributed by atoms with van der Waals surface area (Å²) in [7, 11) is -3.64. The predicted octanol–water partition coefficient (Wildman–Crippen LogP) is 5.16. The number of aliphatic carboxylic acids is 1. The molecule has 2 aromatic rings. The molecule has 0 radical (unpaired) electrons. The Hall–Kier alpha value is -3.08. The third-order valence-corrected chi connectivity index (χ3v) is 8.15. The highest BCUT2D eigenvalue weighted by molar-refractivity contribution is 7.92. The maximum atomic E-state index is 13.0. The quantitative estimate of drug-likeness (QED) is 0.469. The number of benzene rings is 2. The minimum atomic E-state index is -5.08. The second kappa shape index (κ2) is 11.1. The van der Waals surface area contributed by atoms with E-state index in [4.69, 9.17) is 9.90 Å². The van der Waals surface area contributed by atoms with Gasteiger partial charge in [0.2, 0.25) is 5.91 Å². The topological polar surface area (TPSA) is 113 Å². The average molecular weight is 541 g/mol. The number of sulfonamides is 1. The number of carbonyl (C=O) groups excluding carboxylic acids is 1. The Labute approximate surface area is 214 Å². The number of carboxylic acid groups (broad SMARTS) is 1. The number of hydrogen-bond acceptors (Lipinski definition) is 4. The van der Waals surface area contributed by atoms with Gasteiger partial charge in [0.1, 0.15) is 0 Å². The number of hydrogen-bond donors (Lipinski definition) is 3. The lowest BCUT2D eigenvalue weighted by Gasteiger charge is -2.28. The molecule has 4 rings (SSSR count). The molecule has 0 unspecified atom stereocenters. The van der Waals surface area contributed by atoms with Gasteiger partial charge in [0.05, 0.1) is 10.3 Å². The summed E-state index contributed by atoms with van der Waals surface area (Å²) in [6.07, 6.45) is 1.07. The average Bonchev–Trinajstić information content (AvgIpc) is 3.63. The number of amides is 1. The van der Waals surface area contributed by atoms with Crippen molar-refractivity contribution >= 4 is 27.6 Å². The van der Waals surface area contributed by atoms with Crippen molar-refractivity contribution in [1.29, 1.82) is 0 Å². The summed E-state index contributed by atoms with van der Waals surface area (Å²) in [4.78, 5) is 22.1. The second-order valence-electron chi connectivity index (χ2n) is 9.81. The summed E-state index contributed by atoms with van der Waals surface area (Å²) in [5.74, 6) is -1.88. The SMILES string of the molecule is Cc1cccc(S(=O)(=O)Nc2ccc(C3(C(=O)NC4CCC(C)CC4)CC3)cc2)c1.O=C(O)C(F)(F)F. The molecule has 0 saturated heterocycles. The molecule has 37 heavy (non-hydrogen) atoms. The van der Waals surface area contributed by atoms with E-state index in [2.05, 4.69) is 17.0 Å². The monoisotopic (exact) mass is 540 g/mol. The van der Waals surface area contributed by atoms with Crippen LogP contribution in [-0.4, -0.2) is 37.6 Å². The Bertz CT molecular complexity index is 1220. The highest BCUT2D eigenvalue weighted by Gasteiger charge is 2.51. The van der Waals surface area contributed by atoms with Crippen LogP contribution in [0, 0.1) is 12.8 Å². The summed E-state index contributed by atoms with van der Waals surface area (Å²) in [6.45, 7) is 4.14. The van der Waals surface area contributed by atoms with Crippen LogP contribution in [-0.2, 0) is 25.0 Å². The van der Waals surface area contributed by atoms with Crippen molar-refractivity contribution in [3.05, 3.63) is 59.7 Å². The van der Waals surface area contributed by atoms with Crippen molar-refractivity contribution in [2.75, 3.05) is 4.72 Å². The highest BCUT2D eigenvalue weighted by atomic mass is 32.2. The van der Waals surface area contributed by atoms with Gasteiger partial charge in [0, 0.05) is 11.7 Å². The fourth-order valence-electron chi connectivity index (χ4n) is 4.35. The lowest BCUT2D eigenvalue weighted by molar-refractivity contribution is -0.192. The van der Waals surface area contributed by atoms with Gasteiger partial charge in [-0.2, -0.15) is 13.2 Å². The molecule has 2 aliphatic carbocycles. The minimum absolute atomic E-state index is 0.121. The van der Waals surface area contributed by atoms with Crippen molar-refractivity contribution < 1.29 is 36.3 Å². The molecule has 0 spiro atoms. The van der Waals surface area contributed by atoms with Gasteiger partial charge in [0.15, 0.2) is 0 Å². The highest BCUT2D eigenvalue weighted by Crippen LogP contribution is 2.49. The maximum Gasteiger partial charge on any atom is 0.490 e. The number of rotatable bonds is 6. The molecule has 11 heteroatoms. The van der Waals surface area contributed by atoms with Gasteiger partial charge in [-0.15, -0.1) is 0 Å². The third-order valence-electron chi connectivity index (χ3n) is 6.77. The van der Waals surface area contributed by atoms with Crippen LogP contribution in [0.25, 0.3) is 0 Å². The number of nitrogens with one attached hydrogen (secondary N) is 2. The lowest BCUT2D eigenvalue weighted by Crippen LogP contribution is -2.43. The van der Waals surface area contributed by atoms with Crippen molar-refractivity contribution in [2.45, 2.75) is 74.9 Å². The fraction of sp³-hybridized carbons (Fsp3) is 0.462. The molecule has 3 N–H and O–H groups in total. The van der Waals surface area contributed by atoms with Crippen LogP contribution in [0.15, 0.2) is 53.4 Å². The summed E-state index contributed by atoms with van der Waals surface area (Å²) >= 11 is 0. The Balaban J connectivity index is 0.000000479. The van der Waals surface area contributed by atoms with E-state index >= 15 is 0 Å². The molecule has 0 aliphatic heterocycles. The van der Waals surface area contributed by atoms with Gasteiger partial charge in [-0.1, -0.05) is 31.2 Å². The minimum Gasteiger partial charge on any atom is -0.475 e. The Morgan fingerprint density at radius 3 is 2.05 bits per heavy atom. The molecule has 0 bridgehead atoms. The molecule has 2 aromatic carbocycles. The molecule has 0 atom stereocenters. The van der Waals surface area contributed by atoms with Gasteiger partial charge >= 0.3 is 12.1 Å². The van der Waals surface area contributed by atoms with Crippen molar-refractivity contribution in [3.8, 4) is 0 Å². The second-order valence-corrected chi connectivity index (χ2v) is 11.5. The predicted molar refractivity (Wildman–Crippen MR) is 133 cm³/mol. The molecular formula is C26H31F3N2O5S. The molecule has 7 nitrogen and oxygen atoms in total. The van der Waals surface area contributed by atoms with E-state index in [9.17, 15) is 26.4 Å². The smallest absolute Gasteiger partial charge is 0.475 e. The van der Waals surface area contributed by atoms with Crippen LogP contribution < -0.4 is 10.0 Å². The first-order valence-corrected chi connectivity index (χ1v) is 13.5. The zero-order valence-corrected chi connectivity index (χ0v) is 21.5. The molecular weight excluding hydrogens is 509 g/mol. The number of aryl methyl sites for hydroxylation is 1. The van der Waals surface area contributed by atoms with E-state index in [1.165, 1.54) is 12.8 Å². The summed E-state index contributed by atoms with van der Waals surface area (Å²) in [5.41, 5.74) is 1.90. The van der Waals surface area contributed by atoms with Crippen molar-refractivity contribution in [2.24, 2.45) is 5.92 Å². The number of carbonyl (C=O) groups is 2. The molecule has 2 aliphatic rings. The Morgan fingerprint density at radius 1 is 1.00 bits per heavy atom. The first-order chi connectivity index (χ1) is 17.2. The molecule has 2 fully saturated rings. The maximum absolute atomic E-state index is 13.0. The van der Waals surface area contributed by atoms with Gasteiger partial charge in [0.25, 0.3) is 10.0 Å². The van der Waals surface area contributed by atoms with Crippen LogP contribution in [0.1, 0.15) is 56.6 Å². The van der Waals surface area contributed by atoms with Crippen LogP contribution in [0.4, 0.5) is 18.9 Å². The van der Waals surface area contributed by atoms with Gasteiger partial charge in [-0.05, 0) is 86.8 Å². The number of halogens is 3. The van der Waals surface area contributed by atoms with E-state index in [-0.39, 0.29) is 16.8 Å². The molecule has 1 amide bonds. The van der Waals surface area contributed by atoms with Crippen molar-refractivity contribution in [3.63, 3.8) is 0 Å². The van der Waals surface area contributed by atoms with Gasteiger partial charge in [-0.25, -0.2) is 13.2 Å². The zero-order valence-electron chi connectivity index (χ0n) is 20.6. The largest absolute Gasteiger partial charge is 0.490 e. The molecule has 0 aromatic heterocycles. The van der Waals surface area contributed by atoms with Crippen molar-refractivity contribution in [1.82, 2.24) is 5.32 Å². The Morgan fingerprint density at radius 2 is 1.57 bits per heavy atom. The van der Waals surface area contributed by atoms with Crippen LogP contribution in [0.3, 0.4) is 0 Å². The first-order valence-electron chi connectivity index (χ1n) is 12.0. The lowest BCUT2D eigenvalue weighted by atomic mass is 9.86. The van der Waals surface area contributed by atoms with E-state index in [1.807, 2.05) is 25.1 Å². The normalized spacial score (nSPS) is 20.7. The first kappa shape index (κ1) is 28.5. The third kappa shape index (κ3) is 7.47. The van der Waals surface area contributed by atoms with Crippen LogP contribution in [0.5, 0.6) is 0 Å². The number of carboxylic acids is 1. The number of alkyl halides is 3. The van der Waals surface area contributed by atoms with Crippen LogP contribution in [0.2, 0.25) is 0 Å². The Kier molecular flexibility index (Phi) is 8.56. The van der Waals surface area contributed by atoms with E-state index < -0.39 is 27.6 Å². The van der Waals surface area contributed by atoms with Gasteiger partial charge < -0.3 is 10.4 Å². The fourth-order valence-corrected chi connectivity index (χ4v) is 5.52. The molecule has 2 saturated carbocycles. The van der Waals surface area contributed by atoms with Crippen LogP contribution >= 0.6 is 0 Å². The standard InChI is InChI=1S/C24H30N2O3S.C2HF3O2/c1-17-6-10-20(11-7-17)25-23(27)24(14-15-24)19-8-12-21(13-9-19)26-30(28,29)22-5-3-4-18(2)16-22;3-2(4,5)1(6)7/h3-5,8-9,12-13,16-17,20,26H,6-7,10-11,14-15H2,1-2H3,(H,25,27);(H,6,7). The summed E-state index contributed by atoms with van der Waals surface area (Å²) in [6, 6.07) is 14.4. The van der Waals surface area contributed by atoms with E-state index in [1.54, 1.807) is 30.3 Å². The number of anilines is 1.